The molecule has 8 heteroatoms. The summed E-state index contributed by atoms with van der Waals surface area (Å²) in [6.07, 6.45) is 0.589. The molecular weight excluding hydrogens is 254 g/mol. The van der Waals surface area contributed by atoms with E-state index in [1.54, 1.807) is 0 Å². The molecule has 1 aromatic heterocycles. The van der Waals surface area contributed by atoms with Crippen molar-refractivity contribution in [3.63, 3.8) is 0 Å². The molecule has 0 aliphatic rings. The number of halogens is 1. The Morgan fingerprint density at radius 1 is 1.38 bits per heavy atom. The Kier molecular flexibility index (Phi) is 4.69. The van der Waals surface area contributed by atoms with E-state index >= 15 is 0 Å². The molecule has 0 atom stereocenters. The Bertz CT molecular complexity index is 443. The standard InChI is InChI=1S/C8H14ClN3O3S/c1-3-7-10-11-8(16(9,13)14)12(7)5-6-15-4-2/h3-6H2,1-2H3. The van der Waals surface area contributed by atoms with E-state index in [0.29, 0.717) is 32.0 Å². The van der Waals surface area contributed by atoms with E-state index in [-0.39, 0.29) is 5.16 Å². The first-order valence-corrected chi connectivity index (χ1v) is 7.26. The lowest BCUT2D eigenvalue weighted by Crippen LogP contribution is -2.13. The number of hydrogen-bond donors (Lipinski definition) is 0. The molecule has 0 radical (unpaired) electrons. The fourth-order valence-corrected chi connectivity index (χ4v) is 2.23. The van der Waals surface area contributed by atoms with E-state index in [1.165, 1.54) is 4.57 Å². The maximum atomic E-state index is 11.2. The van der Waals surface area contributed by atoms with Crippen molar-refractivity contribution in [3.8, 4) is 0 Å². The smallest absolute Gasteiger partial charge is 0.296 e. The molecule has 1 rings (SSSR count). The van der Waals surface area contributed by atoms with E-state index in [1.807, 2.05) is 13.8 Å². The van der Waals surface area contributed by atoms with Crippen LogP contribution in [0, 0.1) is 0 Å². The number of aromatic nitrogens is 3. The van der Waals surface area contributed by atoms with Gasteiger partial charge in [-0.15, -0.1) is 10.2 Å². The molecule has 0 aliphatic heterocycles. The van der Waals surface area contributed by atoms with Crippen molar-refractivity contribution >= 4 is 19.7 Å². The number of nitrogens with zero attached hydrogens (tertiary/aromatic N) is 3. The van der Waals surface area contributed by atoms with Gasteiger partial charge in [0.2, 0.25) is 0 Å². The lowest BCUT2D eigenvalue weighted by molar-refractivity contribution is 0.136. The summed E-state index contributed by atoms with van der Waals surface area (Å²) >= 11 is 0. The highest BCUT2D eigenvalue weighted by molar-refractivity contribution is 8.13. The fourth-order valence-electron chi connectivity index (χ4n) is 1.29. The van der Waals surface area contributed by atoms with Gasteiger partial charge in [-0.2, -0.15) is 0 Å². The number of hydrogen-bond acceptors (Lipinski definition) is 5. The van der Waals surface area contributed by atoms with Crippen LogP contribution < -0.4 is 0 Å². The Labute approximate surface area is 99.0 Å². The van der Waals surface area contributed by atoms with Crippen LogP contribution in [0.2, 0.25) is 0 Å². The van der Waals surface area contributed by atoms with Crippen LogP contribution in [0.5, 0.6) is 0 Å². The lowest BCUT2D eigenvalue weighted by atomic mass is 10.4. The summed E-state index contributed by atoms with van der Waals surface area (Å²) in [7, 11) is 1.40. The molecule has 0 saturated carbocycles. The van der Waals surface area contributed by atoms with Gasteiger partial charge in [-0.3, -0.25) is 4.57 Å². The van der Waals surface area contributed by atoms with Crippen molar-refractivity contribution in [1.29, 1.82) is 0 Å². The third kappa shape index (κ3) is 3.16. The molecule has 0 bridgehead atoms. The average Bonchev–Trinajstić information content (AvgIpc) is 2.60. The zero-order valence-corrected chi connectivity index (χ0v) is 10.8. The van der Waals surface area contributed by atoms with Gasteiger partial charge < -0.3 is 4.74 Å². The van der Waals surface area contributed by atoms with Gasteiger partial charge in [0.25, 0.3) is 14.2 Å². The minimum absolute atomic E-state index is 0.217. The Hall–Kier alpha value is -0.660. The van der Waals surface area contributed by atoms with Crippen LogP contribution in [-0.4, -0.2) is 36.4 Å². The summed E-state index contributed by atoms with van der Waals surface area (Å²) in [6, 6.07) is 0. The van der Waals surface area contributed by atoms with E-state index in [2.05, 4.69) is 10.2 Å². The molecule has 0 spiro atoms. The zero-order valence-electron chi connectivity index (χ0n) is 9.18. The van der Waals surface area contributed by atoms with Crippen LogP contribution in [0.1, 0.15) is 19.7 Å². The van der Waals surface area contributed by atoms with Gasteiger partial charge in [0.15, 0.2) is 0 Å². The average molecular weight is 268 g/mol. The minimum Gasteiger partial charge on any atom is -0.380 e. The highest BCUT2D eigenvalue weighted by Crippen LogP contribution is 2.14. The first-order chi connectivity index (χ1) is 7.50. The molecular formula is C8H14ClN3O3S. The number of rotatable bonds is 6. The Morgan fingerprint density at radius 3 is 2.56 bits per heavy atom. The monoisotopic (exact) mass is 267 g/mol. The van der Waals surface area contributed by atoms with Crippen molar-refractivity contribution in [2.24, 2.45) is 0 Å². The molecule has 0 fully saturated rings. The predicted octanol–water partition coefficient (Wildman–Crippen LogP) is 0.805. The number of ether oxygens (including phenoxy) is 1. The molecule has 0 saturated heterocycles. The van der Waals surface area contributed by atoms with Crippen molar-refractivity contribution in [2.75, 3.05) is 13.2 Å². The molecule has 0 unspecified atom stereocenters. The summed E-state index contributed by atoms with van der Waals surface area (Å²) in [5.41, 5.74) is 0. The Balaban J connectivity index is 2.97. The van der Waals surface area contributed by atoms with E-state index in [0.717, 1.165) is 0 Å². The minimum atomic E-state index is -3.85. The lowest BCUT2D eigenvalue weighted by Gasteiger charge is -2.07. The van der Waals surface area contributed by atoms with Crippen molar-refractivity contribution < 1.29 is 13.2 Å². The summed E-state index contributed by atoms with van der Waals surface area (Å²) in [6.45, 7) is 5.09. The summed E-state index contributed by atoms with van der Waals surface area (Å²) in [5, 5.41) is 7.13. The third-order valence-electron chi connectivity index (χ3n) is 1.99. The molecule has 1 heterocycles. The molecule has 1 aromatic rings. The van der Waals surface area contributed by atoms with Crippen LogP contribution in [0.4, 0.5) is 0 Å². The van der Waals surface area contributed by atoms with Crippen molar-refractivity contribution in [2.45, 2.75) is 32.0 Å². The van der Waals surface area contributed by atoms with Crippen LogP contribution in [0.25, 0.3) is 0 Å². The second kappa shape index (κ2) is 5.60. The first kappa shape index (κ1) is 13.4. The van der Waals surface area contributed by atoms with Gasteiger partial charge in [-0.05, 0) is 6.92 Å². The second-order valence-corrected chi connectivity index (χ2v) is 5.50. The summed E-state index contributed by atoms with van der Waals surface area (Å²) in [5.74, 6) is 0.582. The molecule has 6 nitrogen and oxygen atoms in total. The van der Waals surface area contributed by atoms with Crippen LogP contribution in [0.3, 0.4) is 0 Å². The maximum absolute atomic E-state index is 11.2. The molecule has 0 amide bonds. The van der Waals surface area contributed by atoms with Crippen LogP contribution >= 0.6 is 10.7 Å². The normalized spacial score (nSPS) is 11.9. The van der Waals surface area contributed by atoms with Crippen LogP contribution in [-0.2, 0) is 26.8 Å². The molecule has 0 aromatic carbocycles. The van der Waals surface area contributed by atoms with Gasteiger partial charge in [0, 0.05) is 30.3 Å². The molecule has 16 heavy (non-hydrogen) atoms. The van der Waals surface area contributed by atoms with Gasteiger partial charge >= 0.3 is 0 Å². The first-order valence-electron chi connectivity index (χ1n) is 4.95. The SMILES string of the molecule is CCOCCn1c(CC)nnc1S(=O)(=O)Cl. The van der Waals surface area contributed by atoms with Crippen LogP contribution in [0.15, 0.2) is 5.16 Å². The second-order valence-electron chi connectivity index (χ2n) is 3.04. The van der Waals surface area contributed by atoms with Gasteiger partial charge in [0.05, 0.1) is 6.61 Å². The van der Waals surface area contributed by atoms with E-state index in [4.69, 9.17) is 15.4 Å². The number of aryl methyl sites for hydroxylation is 1. The van der Waals surface area contributed by atoms with Crippen molar-refractivity contribution in [1.82, 2.24) is 14.8 Å². The third-order valence-corrected chi connectivity index (χ3v) is 3.14. The zero-order chi connectivity index (χ0) is 12.2. The van der Waals surface area contributed by atoms with Crippen molar-refractivity contribution in [3.05, 3.63) is 5.82 Å². The highest BCUT2D eigenvalue weighted by atomic mass is 35.7. The Morgan fingerprint density at radius 2 is 2.06 bits per heavy atom. The van der Waals surface area contributed by atoms with E-state index < -0.39 is 9.05 Å². The molecule has 0 N–H and O–H groups in total. The summed E-state index contributed by atoms with van der Waals surface area (Å²) in [4.78, 5) is 0. The molecule has 0 aliphatic carbocycles. The van der Waals surface area contributed by atoms with Gasteiger partial charge in [-0.1, -0.05) is 6.92 Å². The highest BCUT2D eigenvalue weighted by Gasteiger charge is 2.21. The van der Waals surface area contributed by atoms with E-state index in [9.17, 15) is 8.42 Å². The summed E-state index contributed by atoms with van der Waals surface area (Å²) < 4.78 is 29.1. The van der Waals surface area contributed by atoms with Gasteiger partial charge in [0.1, 0.15) is 5.82 Å². The predicted molar refractivity (Wildman–Crippen MR) is 58.9 cm³/mol. The maximum Gasteiger partial charge on any atom is 0.296 e. The quantitative estimate of drug-likeness (QED) is 0.563. The fraction of sp³-hybridized carbons (Fsp3) is 0.750. The molecule has 92 valence electrons. The van der Waals surface area contributed by atoms with Gasteiger partial charge in [-0.25, -0.2) is 8.42 Å². The topological polar surface area (TPSA) is 74.1 Å². The largest absolute Gasteiger partial charge is 0.380 e.